The monoisotopic (exact) mass is 269 g/mol. The lowest BCUT2D eigenvalue weighted by atomic mass is 10.0. The van der Waals surface area contributed by atoms with E-state index >= 15 is 0 Å². The molecule has 1 aromatic rings. The molecule has 0 bridgehead atoms. The Morgan fingerprint density at radius 1 is 1.40 bits per heavy atom. The molecule has 0 aliphatic heterocycles. The van der Waals surface area contributed by atoms with Gasteiger partial charge in [-0.3, -0.25) is 0 Å². The van der Waals surface area contributed by atoms with Crippen molar-refractivity contribution in [3.05, 3.63) is 28.7 Å². The number of halogens is 1. The molecule has 0 amide bonds. The van der Waals surface area contributed by atoms with E-state index in [1.807, 2.05) is 24.3 Å². The van der Waals surface area contributed by atoms with Crippen LogP contribution in [0.3, 0.4) is 0 Å². The molecule has 0 saturated heterocycles. The Bertz CT molecular complexity index is 336. The average Bonchev–Trinajstić information content (AvgIpc) is 2.97. The summed E-state index contributed by atoms with van der Waals surface area (Å²) in [5, 5.41) is 0. The standard InChI is InChI=1S/C12H16BrNO/c13-10-2-1-3-11(8-10)15-9-12(4-5-12)6-7-14/h1-3,8H,4-7,9,14H2. The maximum atomic E-state index is 5.78. The van der Waals surface area contributed by atoms with Crippen LogP contribution in [-0.2, 0) is 0 Å². The lowest BCUT2D eigenvalue weighted by molar-refractivity contribution is 0.227. The van der Waals surface area contributed by atoms with Crippen LogP contribution >= 0.6 is 15.9 Å². The predicted octanol–water partition coefficient (Wildman–Crippen LogP) is 2.96. The van der Waals surface area contributed by atoms with Gasteiger partial charge in [-0.2, -0.15) is 0 Å². The molecule has 0 atom stereocenters. The second kappa shape index (κ2) is 4.54. The molecule has 1 aliphatic rings. The molecule has 82 valence electrons. The van der Waals surface area contributed by atoms with Gasteiger partial charge in [0.15, 0.2) is 0 Å². The maximum Gasteiger partial charge on any atom is 0.120 e. The van der Waals surface area contributed by atoms with Crippen LogP contribution in [0, 0.1) is 5.41 Å². The highest BCUT2D eigenvalue weighted by molar-refractivity contribution is 9.10. The fraction of sp³-hybridized carbons (Fsp3) is 0.500. The molecule has 2 rings (SSSR count). The first-order valence-corrected chi connectivity index (χ1v) is 6.12. The molecule has 1 saturated carbocycles. The molecular formula is C12H16BrNO. The van der Waals surface area contributed by atoms with Crippen molar-refractivity contribution in [3.63, 3.8) is 0 Å². The third kappa shape index (κ3) is 2.95. The van der Waals surface area contributed by atoms with E-state index in [1.54, 1.807) is 0 Å². The zero-order chi connectivity index (χ0) is 10.7. The van der Waals surface area contributed by atoms with Crippen LogP contribution in [0.2, 0.25) is 0 Å². The molecule has 0 radical (unpaired) electrons. The normalized spacial score (nSPS) is 17.5. The number of hydrogen-bond donors (Lipinski definition) is 1. The molecule has 2 nitrogen and oxygen atoms in total. The van der Waals surface area contributed by atoms with Crippen molar-refractivity contribution in [2.45, 2.75) is 19.3 Å². The maximum absolute atomic E-state index is 5.78. The topological polar surface area (TPSA) is 35.2 Å². The van der Waals surface area contributed by atoms with Crippen molar-refractivity contribution < 1.29 is 4.74 Å². The van der Waals surface area contributed by atoms with Crippen LogP contribution in [0.5, 0.6) is 5.75 Å². The minimum absolute atomic E-state index is 0.386. The molecule has 2 N–H and O–H groups in total. The van der Waals surface area contributed by atoms with Crippen molar-refractivity contribution in [1.82, 2.24) is 0 Å². The van der Waals surface area contributed by atoms with E-state index in [2.05, 4.69) is 15.9 Å². The summed E-state index contributed by atoms with van der Waals surface area (Å²) in [5.41, 5.74) is 5.97. The zero-order valence-corrected chi connectivity index (χ0v) is 10.3. The highest BCUT2D eigenvalue weighted by atomic mass is 79.9. The summed E-state index contributed by atoms with van der Waals surface area (Å²) in [5.74, 6) is 0.938. The largest absolute Gasteiger partial charge is 0.493 e. The summed E-state index contributed by atoms with van der Waals surface area (Å²) < 4.78 is 6.84. The Kier molecular flexibility index (Phi) is 3.32. The van der Waals surface area contributed by atoms with Gasteiger partial charge in [-0.1, -0.05) is 22.0 Å². The minimum Gasteiger partial charge on any atom is -0.493 e. The van der Waals surface area contributed by atoms with E-state index in [0.717, 1.165) is 29.8 Å². The summed E-state index contributed by atoms with van der Waals surface area (Å²) in [7, 11) is 0. The van der Waals surface area contributed by atoms with E-state index in [-0.39, 0.29) is 0 Å². The molecule has 0 aromatic heterocycles. The van der Waals surface area contributed by atoms with Gasteiger partial charge in [0.25, 0.3) is 0 Å². The summed E-state index contributed by atoms with van der Waals surface area (Å²) in [4.78, 5) is 0. The van der Waals surface area contributed by atoms with Gasteiger partial charge >= 0.3 is 0 Å². The number of benzene rings is 1. The number of ether oxygens (including phenoxy) is 1. The van der Waals surface area contributed by atoms with Crippen molar-refractivity contribution in [1.29, 1.82) is 0 Å². The first-order valence-electron chi connectivity index (χ1n) is 5.33. The van der Waals surface area contributed by atoms with Crippen molar-refractivity contribution in [3.8, 4) is 5.75 Å². The molecule has 15 heavy (non-hydrogen) atoms. The summed E-state index contributed by atoms with van der Waals surface area (Å²) >= 11 is 3.43. The van der Waals surface area contributed by atoms with Crippen LogP contribution < -0.4 is 10.5 Å². The average molecular weight is 270 g/mol. The molecule has 0 heterocycles. The highest BCUT2D eigenvalue weighted by Crippen LogP contribution is 2.48. The molecular weight excluding hydrogens is 254 g/mol. The zero-order valence-electron chi connectivity index (χ0n) is 8.71. The first-order chi connectivity index (χ1) is 7.24. The van der Waals surface area contributed by atoms with Crippen LogP contribution in [-0.4, -0.2) is 13.2 Å². The summed E-state index contributed by atoms with van der Waals surface area (Å²) in [6.45, 7) is 1.57. The molecule has 0 unspecified atom stereocenters. The van der Waals surface area contributed by atoms with Gasteiger partial charge in [-0.25, -0.2) is 0 Å². The number of rotatable bonds is 5. The van der Waals surface area contributed by atoms with Gasteiger partial charge in [0.1, 0.15) is 5.75 Å². The summed E-state index contributed by atoms with van der Waals surface area (Å²) in [6, 6.07) is 7.98. The fourth-order valence-corrected chi connectivity index (χ4v) is 2.12. The van der Waals surface area contributed by atoms with Gasteiger partial charge in [0.05, 0.1) is 6.61 Å². The molecule has 1 aromatic carbocycles. The number of hydrogen-bond acceptors (Lipinski definition) is 2. The van der Waals surface area contributed by atoms with Crippen molar-refractivity contribution in [2.75, 3.05) is 13.2 Å². The quantitative estimate of drug-likeness (QED) is 0.892. The van der Waals surface area contributed by atoms with Crippen molar-refractivity contribution in [2.24, 2.45) is 11.1 Å². The van der Waals surface area contributed by atoms with E-state index in [9.17, 15) is 0 Å². The molecule has 1 aliphatic carbocycles. The minimum atomic E-state index is 0.386. The Balaban J connectivity index is 1.88. The van der Waals surface area contributed by atoms with Gasteiger partial charge in [0.2, 0.25) is 0 Å². The molecule has 3 heteroatoms. The molecule has 1 fully saturated rings. The van der Waals surface area contributed by atoms with Crippen LogP contribution in [0.1, 0.15) is 19.3 Å². The van der Waals surface area contributed by atoms with Gasteiger partial charge in [0, 0.05) is 9.89 Å². The second-order valence-electron chi connectivity index (χ2n) is 4.28. The lowest BCUT2D eigenvalue weighted by Gasteiger charge is -2.15. The Morgan fingerprint density at radius 2 is 2.20 bits per heavy atom. The summed E-state index contributed by atoms with van der Waals surface area (Å²) in [6.07, 6.45) is 3.61. The Hall–Kier alpha value is -0.540. The van der Waals surface area contributed by atoms with Crippen LogP contribution in [0.25, 0.3) is 0 Å². The van der Waals surface area contributed by atoms with Crippen molar-refractivity contribution >= 4 is 15.9 Å². The first kappa shape index (κ1) is 11.0. The third-order valence-electron chi connectivity index (χ3n) is 2.97. The predicted molar refractivity (Wildman–Crippen MR) is 65.0 cm³/mol. The van der Waals surface area contributed by atoms with E-state index in [0.29, 0.717) is 5.41 Å². The SMILES string of the molecule is NCCC1(COc2cccc(Br)c2)CC1. The molecule has 0 spiro atoms. The second-order valence-corrected chi connectivity index (χ2v) is 5.20. The Labute approximate surface area is 98.9 Å². The van der Waals surface area contributed by atoms with Gasteiger partial charge < -0.3 is 10.5 Å². The third-order valence-corrected chi connectivity index (χ3v) is 3.47. The fourth-order valence-electron chi connectivity index (χ4n) is 1.74. The smallest absolute Gasteiger partial charge is 0.120 e. The number of nitrogens with two attached hydrogens (primary N) is 1. The van der Waals surface area contributed by atoms with E-state index in [4.69, 9.17) is 10.5 Å². The lowest BCUT2D eigenvalue weighted by Crippen LogP contribution is -2.17. The van der Waals surface area contributed by atoms with Gasteiger partial charge in [-0.05, 0) is 44.0 Å². The Morgan fingerprint density at radius 3 is 2.80 bits per heavy atom. The van der Waals surface area contributed by atoms with Crippen LogP contribution in [0.4, 0.5) is 0 Å². The highest BCUT2D eigenvalue weighted by Gasteiger charge is 2.42. The van der Waals surface area contributed by atoms with E-state index in [1.165, 1.54) is 12.8 Å². The van der Waals surface area contributed by atoms with Gasteiger partial charge in [-0.15, -0.1) is 0 Å². The van der Waals surface area contributed by atoms with Crippen LogP contribution in [0.15, 0.2) is 28.7 Å². The van der Waals surface area contributed by atoms with E-state index < -0.39 is 0 Å².